The molecule has 0 saturated carbocycles. The van der Waals surface area contributed by atoms with Crippen molar-refractivity contribution in [2.45, 2.75) is 0 Å². The van der Waals surface area contributed by atoms with Crippen LogP contribution in [0.3, 0.4) is 0 Å². The third-order valence-electron chi connectivity index (χ3n) is 3.27. The SMILES string of the molecule is COCCN(C(=O)c1ccc(Cl)cc1F)c1cc(I)sc1C(=O)OC. The zero-order valence-electron chi connectivity index (χ0n) is 13.3. The summed E-state index contributed by atoms with van der Waals surface area (Å²) in [7, 11) is 2.75. The molecule has 0 saturated heterocycles. The van der Waals surface area contributed by atoms with Gasteiger partial charge in [0.1, 0.15) is 10.7 Å². The summed E-state index contributed by atoms with van der Waals surface area (Å²) in [5.74, 6) is -1.88. The van der Waals surface area contributed by atoms with Crippen LogP contribution >= 0.6 is 45.5 Å². The number of benzene rings is 1. The molecule has 1 aromatic carbocycles. The van der Waals surface area contributed by atoms with E-state index in [1.165, 1.54) is 42.6 Å². The predicted octanol–water partition coefficient (Wildman–Crippen LogP) is 4.23. The van der Waals surface area contributed by atoms with E-state index >= 15 is 0 Å². The summed E-state index contributed by atoms with van der Waals surface area (Å²) in [4.78, 5) is 26.5. The topological polar surface area (TPSA) is 55.8 Å². The normalized spacial score (nSPS) is 10.6. The molecule has 0 bridgehead atoms. The maximum Gasteiger partial charge on any atom is 0.350 e. The molecule has 134 valence electrons. The highest BCUT2D eigenvalue weighted by Crippen LogP contribution is 2.33. The van der Waals surface area contributed by atoms with Crippen LogP contribution in [0.15, 0.2) is 24.3 Å². The standard InChI is InChI=1S/C16H14ClFINO4S/c1-23-6-5-20(12-8-13(19)25-14(12)16(22)24-2)15(21)10-4-3-9(17)7-11(10)18/h3-4,7-8H,5-6H2,1-2H3. The minimum Gasteiger partial charge on any atom is -0.465 e. The molecule has 0 N–H and O–H groups in total. The van der Waals surface area contributed by atoms with Crippen LogP contribution in [0.1, 0.15) is 20.0 Å². The fourth-order valence-electron chi connectivity index (χ4n) is 2.11. The number of anilines is 1. The Balaban J connectivity index is 2.49. The molecule has 0 spiro atoms. The summed E-state index contributed by atoms with van der Waals surface area (Å²) in [5.41, 5.74) is 0.218. The molecule has 0 aliphatic carbocycles. The van der Waals surface area contributed by atoms with E-state index in [1.807, 2.05) is 22.6 Å². The van der Waals surface area contributed by atoms with Gasteiger partial charge in [-0.05, 0) is 46.9 Å². The van der Waals surface area contributed by atoms with Crippen molar-refractivity contribution in [3.63, 3.8) is 0 Å². The zero-order chi connectivity index (χ0) is 18.6. The Morgan fingerprint density at radius 2 is 2.04 bits per heavy atom. The number of methoxy groups -OCH3 is 2. The Hall–Kier alpha value is -1.23. The third-order valence-corrected chi connectivity index (χ3v) is 5.37. The van der Waals surface area contributed by atoms with E-state index in [9.17, 15) is 14.0 Å². The Bertz CT molecular complexity index is 798. The summed E-state index contributed by atoms with van der Waals surface area (Å²) in [6.07, 6.45) is 0. The van der Waals surface area contributed by atoms with Crippen molar-refractivity contribution in [1.29, 1.82) is 0 Å². The molecule has 2 aromatic rings. The first kappa shape index (κ1) is 20.1. The molecule has 0 fully saturated rings. The monoisotopic (exact) mass is 497 g/mol. The zero-order valence-corrected chi connectivity index (χ0v) is 17.1. The molecular formula is C16H14ClFINO4S. The van der Waals surface area contributed by atoms with E-state index < -0.39 is 17.7 Å². The fourth-order valence-corrected chi connectivity index (χ4v) is 4.03. The van der Waals surface area contributed by atoms with Crippen LogP contribution in [0, 0.1) is 8.70 Å². The van der Waals surface area contributed by atoms with Gasteiger partial charge in [0.15, 0.2) is 0 Å². The van der Waals surface area contributed by atoms with E-state index in [-0.39, 0.29) is 28.6 Å². The minimum atomic E-state index is -0.732. The molecule has 0 aliphatic rings. The van der Waals surface area contributed by atoms with Gasteiger partial charge in [0.25, 0.3) is 5.91 Å². The lowest BCUT2D eigenvalue weighted by Crippen LogP contribution is -2.35. The van der Waals surface area contributed by atoms with Crippen molar-refractivity contribution in [1.82, 2.24) is 0 Å². The highest BCUT2D eigenvalue weighted by Gasteiger charge is 2.27. The first-order chi connectivity index (χ1) is 11.9. The summed E-state index contributed by atoms with van der Waals surface area (Å²) >= 11 is 8.98. The van der Waals surface area contributed by atoms with Gasteiger partial charge in [0.05, 0.1) is 27.9 Å². The van der Waals surface area contributed by atoms with Gasteiger partial charge in [-0.25, -0.2) is 9.18 Å². The second-order valence-electron chi connectivity index (χ2n) is 4.83. The molecule has 2 rings (SSSR count). The quantitative estimate of drug-likeness (QED) is 0.443. The molecule has 5 nitrogen and oxygen atoms in total. The molecule has 0 aliphatic heterocycles. The van der Waals surface area contributed by atoms with Gasteiger partial charge in [0.2, 0.25) is 0 Å². The van der Waals surface area contributed by atoms with Crippen LogP contribution in [0.25, 0.3) is 0 Å². The van der Waals surface area contributed by atoms with Crippen LogP contribution in [-0.2, 0) is 9.47 Å². The highest BCUT2D eigenvalue weighted by molar-refractivity contribution is 14.1. The molecule has 1 aromatic heterocycles. The molecule has 25 heavy (non-hydrogen) atoms. The van der Waals surface area contributed by atoms with Gasteiger partial charge in [-0.2, -0.15) is 0 Å². The minimum absolute atomic E-state index is 0.141. The maximum atomic E-state index is 14.2. The number of carbonyl (C=O) groups is 2. The Kier molecular flexibility index (Phi) is 7.17. The number of nitrogens with zero attached hydrogens (tertiary/aromatic N) is 1. The number of amides is 1. The second-order valence-corrected chi connectivity index (χ2v) is 8.21. The van der Waals surface area contributed by atoms with Gasteiger partial charge in [0, 0.05) is 18.7 Å². The number of hydrogen-bond donors (Lipinski definition) is 0. The average molecular weight is 498 g/mol. The lowest BCUT2D eigenvalue weighted by Gasteiger charge is -2.22. The number of carbonyl (C=O) groups excluding carboxylic acids is 2. The van der Waals surface area contributed by atoms with Crippen LogP contribution in [0.5, 0.6) is 0 Å². The molecule has 1 amide bonds. The molecular weight excluding hydrogens is 484 g/mol. The molecule has 9 heteroatoms. The first-order valence-corrected chi connectivity index (χ1v) is 9.29. The number of halogens is 3. The summed E-state index contributed by atoms with van der Waals surface area (Å²) < 4.78 is 24.8. The van der Waals surface area contributed by atoms with Crippen molar-refractivity contribution in [2.75, 3.05) is 32.3 Å². The first-order valence-electron chi connectivity index (χ1n) is 7.02. The Morgan fingerprint density at radius 3 is 2.64 bits per heavy atom. The lowest BCUT2D eigenvalue weighted by atomic mass is 10.1. The van der Waals surface area contributed by atoms with Gasteiger partial charge < -0.3 is 14.4 Å². The second kappa shape index (κ2) is 8.93. The van der Waals surface area contributed by atoms with Gasteiger partial charge in [-0.1, -0.05) is 11.6 Å². The van der Waals surface area contributed by atoms with Crippen molar-refractivity contribution < 1.29 is 23.5 Å². The molecule has 0 radical (unpaired) electrons. The van der Waals surface area contributed by atoms with E-state index in [1.54, 1.807) is 6.07 Å². The predicted molar refractivity (Wildman–Crippen MR) is 103 cm³/mol. The Morgan fingerprint density at radius 1 is 1.32 bits per heavy atom. The largest absolute Gasteiger partial charge is 0.465 e. The average Bonchev–Trinajstić information content (AvgIpc) is 2.96. The lowest BCUT2D eigenvalue weighted by molar-refractivity contribution is 0.0607. The maximum absolute atomic E-state index is 14.2. The van der Waals surface area contributed by atoms with Crippen molar-refractivity contribution in [3.05, 3.63) is 48.4 Å². The van der Waals surface area contributed by atoms with Crippen LogP contribution in [0.2, 0.25) is 5.02 Å². The smallest absolute Gasteiger partial charge is 0.350 e. The van der Waals surface area contributed by atoms with Gasteiger partial charge in [-0.3, -0.25) is 4.79 Å². The Labute approximate surface area is 166 Å². The molecule has 0 atom stereocenters. The van der Waals surface area contributed by atoms with Gasteiger partial charge >= 0.3 is 5.97 Å². The summed E-state index contributed by atoms with van der Waals surface area (Å²) in [6, 6.07) is 5.50. The van der Waals surface area contributed by atoms with E-state index in [0.717, 1.165) is 8.95 Å². The number of esters is 1. The van der Waals surface area contributed by atoms with Gasteiger partial charge in [-0.15, -0.1) is 11.3 Å². The van der Waals surface area contributed by atoms with Crippen LogP contribution in [0.4, 0.5) is 10.1 Å². The van der Waals surface area contributed by atoms with Crippen LogP contribution < -0.4 is 4.90 Å². The van der Waals surface area contributed by atoms with Crippen LogP contribution in [-0.4, -0.2) is 39.2 Å². The molecule has 0 unspecified atom stereocenters. The van der Waals surface area contributed by atoms with Crippen molar-refractivity contribution in [3.8, 4) is 0 Å². The number of hydrogen-bond acceptors (Lipinski definition) is 5. The third kappa shape index (κ3) is 4.69. The highest BCUT2D eigenvalue weighted by atomic mass is 127. The van der Waals surface area contributed by atoms with E-state index in [0.29, 0.717) is 5.69 Å². The summed E-state index contributed by atoms with van der Waals surface area (Å²) in [6.45, 7) is 0.363. The number of thiophene rings is 1. The van der Waals surface area contributed by atoms with E-state index in [2.05, 4.69) is 0 Å². The summed E-state index contributed by atoms with van der Waals surface area (Å²) in [5, 5.41) is 0.192. The fraction of sp³-hybridized carbons (Fsp3) is 0.250. The van der Waals surface area contributed by atoms with Crippen molar-refractivity contribution >= 4 is 63.1 Å². The van der Waals surface area contributed by atoms with Crippen molar-refractivity contribution in [2.24, 2.45) is 0 Å². The number of rotatable bonds is 6. The van der Waals surface area contributed by atoms with E-state index in [4.69, 9.17) is 21.1 Å². The number of ether oxygens (including phenoxy) is 2. The molecule has 1 heterocycles.